The predicted molar refractivity (Wildman–Crippen MR) is 79.9 cm³/mol. The van der Waals surface area contributed by atoms with Gasteiger partial charge in [-0.2, -0.15) is 5.10 Å². The molecule has 114 valence electrons. The summed E-state index contributed by atoms with van der Waals surface area (Å²) in [4.78, 5) is 12.0. The lowest BCUT2D eigenvalue weighted by Gasteiger charge is -2.17. The summed E-state index contributed by atoms with van der Waals surface area (Å²) in [6.07, 6.45) is 0.825. The Kier molecular flexibility index (Phi) is 6.51. The van der Waals surface area contributed by atoms with Crippen LogP contribution in [0.15, 0.2) is 6.07 Å². The summed E-state index contributed by atoms with van der Waals surface area (Å²) in [6, 6.07) is 1.67. The fraction of sp³-hybridized carbons (Fsp3) is 0.714. The molecule has 20 heavy (non-hydrogen) atoms. The van der Waals surface area contributed by atoms with Gasteiger partial charge in [-0.05, 0) is 19.3 Å². The van der Waals surface area contributed by atoms with Gasteiger partial charge in [-0.1, -0.05) is 20.8 Å². The van der Waals surface area contributed by atoms with Crippen molar-refractivity contribution in [2.45, 2.75) is 46.7 Å². The molecule has 0 aliphatic rings. The summed E-state index contributed by atoms with van der Waals surface area (Å²) in [5.41, 5.74) is 0.893. The summed E-state index contributed by atoms with van der Waals surface area (Å²) in [5, 5.41) is 10.1. The number of hydrogen-bond acceptors (Lipinski definition) is 3. The minimum atomic E-state index is -0.223. The van der Waals surface area contributed by atoms with Crippen LogP contribution < -0.4 is 10.6 Å². The van der Waals surface area contributed by atoms with Crippen molar-refractivity contribution in [1.82, 2.24) is 15.1 Å². The highest BCUT2D eigenvalue weighted by Crippen LogP contribution is 2.12. The van der Waals surface area contributed by atoms with Crippen LogP contribution in [0, 0.1) is 12.8 Å². The van der Waals surface area contributed by atoms with E-state index in [9.17, 15) is 4.79 Å². The molecule has 1 atom stereocenters. The van der Waals surface area contributed by atoms with Crippen LogP contribution in [0.25, 0.3) is 0 Å². The largest absolute Gasteiger partial charge is 0.383 e. The number of ether oxygens (including phenoxy) is 1. The molecule has 0 aliphatic carbocycles. The second kappa shape index (κ2) is 7.89. The Hall–Kier alpha value is -1.56. The smallest absolute Gasteiger partial charge is 0.320 e. The first kappa shape index (κ1) is 16.5. The third-order valence-corrected chi connectivity index (χ3v) is 2.88. The second-order valence-electron chi connectivity index (χ2n) is 5.41. The van der Waals surface area contributed by atoms with Crippen LogP contribution in [0.4, 0.5) is 10.6 Å². The zero-order chi connectivity index (χ0) is 15.1. The van der Waals surface area contributed by atoms with Crippen molar-refractivity contribution in [3.05, 3.63) is 11.8 Å². The van der Waals surface area contributed by atoms with Gasteiger partial charge in [0.2, 0.25) is 0 Å². The van der Waals surface area contributed by atoms with E-state index < -0.39 is 0 Å². The molecule has 6 heteroatoms. The Bertz CT molecular complexity index is 429. The van der Waals surface area contributed by atoms with Crippen LogP contribution in [0.3, 0.4) is 0 Å². The molecule has 1 aromatic rings. The Labute approximate surface area is 120 Å². The van der Waals surface area contributed by atoms with Gasteiger partial charge in [0.1, 0.15) is 5.82 Å². The molecule has 0 aromatic carbocycles. The number of hydrogen-bond donors (Lipinski definition) is 2. The molecule has 0 bridgehead atoms. The van der Waals surface area contributed by atoms with E-state index in [1.807, 2.05) is 24.6 Å². The average Bonchev–Trinajstić information content (AvgIpc) is 2.67. The second-order valence-corrected chi connectivity index (χ2v) is 5.41. The number of rotatable bonds is 7. The standard InChI is InChI=1S/C14H26N4O2/c1-6-12(9-20-5)15-14(19)16-13-7-11(4)17-18(13)8-10(2)3/h7,10,12H,6,8-9H2,1-5H3,(H2,15,16,19)/t12-/m0/s1. The number of aromatic nitrogens is 2. The summed E-state index contributed by atoms with van der Waals surface area (Å²) >= 11 is 0. The van der Waals surface area contributed by atoms with E-state index in [1.165, 1.54) is 0 Å². The minimum absolute atomic E-state index is 0.0163. The molecular weight excluding hydrogens is 256 g/mol. The van der Waals surface area contributed by atoms with Gasteiger partial charge in [0.05, 0.1) is 18.3 Å². The molecule has 0 fully saturated rings. The van der Waals surface area contributed by atoms with E-state index >= 15 is 0 Å². The molecule has 0 radical (unpaired) electrons. The Morgan fingerprint density at radius 3 is 2.75 bits per heavy atom. The van der Waals surface area contributed by atoms with Crippen LogP contribution in [0.5, 0.6) is 0 Å². The molecule has 0 saturated heterocycles. The number of urea groups is 1. The zero-order valence-corrected chi connectivity index (χ0v) is 13.1. The molecule has 1 aromatic heterocycles. The highest BCUT2D eigenvalue weighted by Gasteiger charge is 2.13. The van der Waals surface area contributed by atoms with Crippen molar-refractivity contribution in [3.8, 4) is 0 Å². The van der Waals surface area contributed by atoms with Crippen molar-refractivity contribution in [3.63, 3.8) is 0 Å². The van der Waals surface area contributed by atoms with Gasteiger partial charge in [-0.15, -0.1) is 0 Å². The number of anilines is 1. The number of nitrogens with zero attached hydrogens (tertiary/aromatic N) is 2. The van der Waals surface area contributed by atoms with Gasteiger partial charge in [0.15, 0.2) is 0 Å². The quantitative estimate of drug-likeness (QED) is 0.807. The lowest BCUT2D eigenvalue weighted by Crippen LogP contribution is -2.40. The summed E-state index contributed by atoms with van der Waals surface area (Å²) in [6.45, 7) is 9.45. The topological polar surface area (TPSA) is 68.2 Å². The Morgan fingerprint density at radius 2 is 2.20 bits per heavy atom. The van der Waals surface area contributed by atoms with E-state index in [0.717, 1.165) is 24.5 Å². The van der Waals surface area contributed by atoms with Crippen molar-refractivity contribution < 1.29 is 9.53 Å². The monoisotopic (exact) mass is 282 g/mol. The first-order valence-electron chi connectivity index (χ1n) is 7.07. The molecule has 6 nitrogen and oxygen atoms in total. The Morgan fingerprint density at radius 1 is 1.50 bits per heavy atom. The van der Waals surface area contributed by atoms with E-state index in [0.29, 0.717) is 12.5 Å². The molecule has 0 aliphatic heterocycles. The van der Waals surface area contributed by atoms with Gasteiger partial charge in [-0.25, -0.2) is 9.48 Å². The number of nitrogens with one attached hydrogen (secondary N) is 2. The van der Waals surface area contributed by atoms with Gasteiger partial charge in [0, 0.05) is 19.7 Å². The van der Waals surface area contributed by atoms with Crippen LogP contribution in [-0.4, -0.2) is 35.6 Å². The van der Waals surface area contributed by atoms with Gasteiger partial charge >= 0.3 is 6.03 Å². The number of amides is 2. The zero-order valence-electron chi connectivity index (χ0n) is 13.1. The first-order valence-corrected chi connectivity index (χ1v) is 7.07. The van der Waals surface area contributed by atoms with Crippen LogP contribution in [0.2, 0.25) is 0 Å². The fourth-order valence-electron chi connectivity index (χ4n) is 1.93. The summed E-state index contributed by atoms with van der Waals surface area (Å²) in [7, 11) is 1.63. The van der Waals surface area contributed by atoms with Crippen molar-refractivity contribution >= 4 is 11.8 Å². The van der Waals surface area contributed by atoms with Crippen molar-refractivity contribution in [2.75, 3.05) is 19.0 Å². The van der Waals surface area contributed by atoms with Crippen LogP contribution in [0.1, 0.15) is 32.9 Å². The summed E-state index contributed by atoms with van der Waals surface area (Å²) in [5.74, 6) is 1.19. The van der Waals surface area contributed by atoms with E-state index in [1.54, 1.807) is 7.11 Å². The molecule has 0 unspecified atom stereocenters. The Balaban J connectivity index is 2.65. The number of carbonyl (C=O) groups excluding carboxylic acids is 1. The van der Waals surface area contributed by atoms with Crippen molar-refractivity contribution in [1.29, 1.82) is 0 Å². The predicted octanol–water partition coefficient (Wildman–Crippen LogP) is 2.39. The third kappa shape index (κ3) is 5.21. The highest BCUT2D eigenvalue weighted by molar-refractivity contribution is 5.88. The average molecular weight is 282 g/mol. The molecule has 0 spiro atoms. The normalized spacial score (nSPS) is 12.5. The maximum atomic E-state index is 12.0. The highest BCUT2D eigenvalue weighted by atomic mass is 16.5. The molecule has 0 saturated carbocycles. The summed E-state index contributed by atoms with van der Waals surface area (Å²) < 4.78 is 6.90. The molecule has 2 N–H and O–H groups in total. The molecule has 1 rings (SSSR count). The first-order chi connectivity index (χ1) is 9.46. The van der Waals surface area contributed by atoms with Crippen molar-refractivity contribution in [2.24, 2.45) is 5.92 Å². The molecule has 2 amide bonds. The van der Waals surface area contributed by atoms with Gasteiger partial charge < -0.3 is 10.1 Å². The lowest BCUT2D eigenvalue weighted by molar-refractivity contribution is 0.165. The minimum Gasteiger partial charge on any atom is -0.383 e. The number of aryl methyl sites for hydroxylation is 1. The SMILES string of the molecule is CC[C@@H](COC)NC(=O)Nc1cc(C)nn1CC(C)C. The van der Waals surface area contributed by atoms with Crippen LogP contribution >= 0.6 is 0 Å². The van der Waals surface area contributed by atoms with Gasteiger partial charge in [0.25, 0.3) is 0 Å². The van der Waals surface area contributed by atoms with Gasteiger partial charge in [-0.3, -0.25) is 5.32 Å². The molecular formula is C14H26N4O2. The maximum absolute atomic E-state index is 12.0. The van der Waals surface area contributed by atoms with Crippen LogP contribution in [-0.2, 0) is 11.3 Å². The number of methoxy groups -OCH3 is 1. The van der Waals surface area contributed by atoms with E-state index in [2.05, 4.69) is 29.6 Å². The number of carbonyl (C=O) groups is 1. The third-order valence-electron chi connectivity index (χ3n) is 2.88. The fourth-order valence-corrected chi connectivity index (χ4v) is 1.93. The maximum Gasteiger partial charge on any atom is 0.320 e. The molecule has 1 heterocycles. The van der Waals surface area contributed by atoms with E-state index in [-0.39, 0.29) is 12.1 Å². The lowest BCUT2D eigenvalue weighted by atomic mass is 10.2. The van der Waals surface area contributed by atoms with E-state index in [4.69, 9.17) is 4.74 Å².